The van der Waals surface area contributed by atoms with Gasteiger partial charge in [0.15, 0.2) is 0 Å². The molecule has 0 bridgehead atoms. The Hall–Kier alpha value is -2.46. The first-order valence-corrected chi connectivity index (χ1v) is 10.3. The summed E-state index contributed by atoms with van der Waals surface area (Å²) in [5.74, 6) is -0.638. The summed E-state index contributed by atoms with van der Waals surface area (Å²) in [7, 11) is -3.51. The summed E-state index contributed by atoms with van der Waals surface area (Å²) in [4.78, 5) is 34.8. The van der Waals surface area contributed by atoms with Crippen molar-refractivity contribution in [1.29, 1.82) is 0 Å². The molecular formula is C17H22N4O5S. The molecule has 2 fully saturated rings. The number of piperidine rings is 1. The summed E-state index contributed by atoms with van der Waals surface area (Å²) in [6.45, 7) is 0.673. The topological polar surface area (TPSA) is 125 Å². The maximum absolute atomic E-state index is 12.6. The van der Waals surface area contributed by atoms with Gasteiger partial charge in [-0.05, 0) is 31.4 Å². The second-order valence-corrected chi connectivity index (χ2v) is 8.55. The number of carbonyl (C=O) groups is 3. The Morgan fingerprint density at radius 2 is 1.81 bits per heavy atom. The van der Waals surface area contributed by atoms with Gasteiger partial charge in [-0.15, -0.1) is 0 Å². The maximum atomic E-state index is 12.6. The predicted octanol–water partition coefficient (Wildman–Crippen LogP) is -0.0559. The molecule has 3 N–H and O–H groups in total. The van der Waals surface area contributed by atoms with Gasteiger partial charge in [-0.25, -0.2) is 13.2 Å². The van der Waals surface area contributed by atoms with Crippen LogP contribution in [0.15, 0.2) is 35.2 Å². The van der Waals surface area contributed by atoms with Gasteiger partial charge in [0.05, 0.1) is 4.90 Å². The lowest BCUT2D eigenvalue weighted by atomic mass is 10.1. The molecule has 2 heterocycles. The molecule has 10 heteroatoms. The number of hydrogen-bond acceptors (Lipinski definition) is 5. The van der Waals surface area contributed by atoms with Gasteiger partial charge in [-0.3, -0.25) is 14.9 Å². The van der Waals surface area contributed by atoms with Crippen LogP contribution in [-0.4, -0.2) is 55.7 Å². The zero-order valence-corrected chi connectivity index (χ0v) is 15.5. The van der Waals surface area contributed by atoms with Crippen molar-refractivity contribution in [1.82, 2.24) is 20.3 Å². The van der Waals surface area contributed by atoms with Gasteiger partial charge in [-0.2, -0.15) is 4.31 Å². The minimum absolute atomic E-state index is 0.105. The van der Waals surface area contributed by atoms with E-state index in [0.717, 1.165) is 0 Å². The van der Waals surface area contributed by atoms with E-state index in [1.807, 2.05) is 0 Å². The fourth-order valence-corrected chi connectivity index (χ4v) is 4.71. The van der Waals surface area contributed by atoms with Crippen LogP contribution in [0.25, 0.3) is 0 Å². The lowest BCUT2D eigenvalue weighted by molar-refractivity contribution is -0.122. The summed E-state index contributed by atoms with van der Waals surface area (Å²) in [5.41, 5.74) is 0. The molecule has 1 atom stereocenters. The number of imide groups is 1. The molecule has 3 rings (SSSR count). The number of rotatable bonds is 6. The van der Waals surface area contributed by atoms with Gasteiger partial charge in [-0.1, -0.05) is 18.2 Å². The molecule has 27 heavy (non-hydrogen) atoms. The average molecular weight is 394 g/mol. The fourth-order valence-electron chi connectivity index (χ4n) is 3.22. The van der Waals surface area contributed by atoms with Crippen molar-refractivity contribution in [2.45, 2.75) is 42.7 Å². The quantitative estimate of drug-likeness (QED) is 0.583. The standard InChI is InChI=1S/C17H22N4O5S/c22-15(7-6-14-16(23)20-17(24)19-14)18-12-8-10-21(11-9-12)27(25,26)13-4-2-1-3-5-13/h1-5,12,14H,6-11H2,(H,18,22)(H2,19,20,23,24)/t14-/m0/s1. The second kappa shape index (κ2) is 8.05. The van der Waals surface area contributed by atoms with E-state index in [1.165, 1.54) is 4.31 Å². The van der Waals surface area contributed by atoms with Crippen LogP contribution in [0.1, 0.15) is 25.7 Å². The summed E-state index contributed by atoms with van der Waals surface area (Å²) < 4.78 is 26.6. The first-order chi connectivity index (χ1) is 12.9. The van der Waals surface area contributed by atoms with E-state index in [9.17, 15) is 22.8 Å². The highest BCUT2D eigenvalue weighted by molar-refractivity contribution is 7.89. The zero-order valence-electron chi connectivity index (χ0n) is 14.7. The van der Waals surface area contributed by atoms with Gasteiger partial charge < -0.3 is 10.6 Å². The lowest BCUT2D eigenvalue weighted by Crippen LogP contribution is -2.46. The van der Waals surface area contributed by atoms with Crippen LogP contribution in [0, 0.1) is 0 Å². The third-order valence-electron chi connectivity index (χ3n) is 4.72. The molecule has 9 nitrogen and oxygen atoms in total. The zero-order chi connectivity index (χ0) is 19.4. The van der Waals surface area contributed by atoms with Crippen LogP contribution >= 0.6 is 0 Å². The molecule has 0 saturated carbocycles. The van der Waals surface area contributed by atoms with Crippen LogP contribution in [0.5, 0.6) is 0 Å². The molecule has 0 spiro atoms. The average Bonchev–Trinajstić information content (AvgIpc) is 2.98. The highest BCUT2D eigenvalue weighted by Gasteiger charge is 2.31. The molecule has 0 radical (unpaired) electrons. The molecule has 2 aliphatic heterocycles. The molecule has 0 aliphatic carbocycles. The van der Waals surface area contributed by atoms with Crippen LogP contribution in [0.4, 0.5) is 4.79 Å². The summed E-state index contributed by atoms with van der Waals surface area (Å²) in [5, 5.41) is 7.44. The molecule has 1 aromatic rings. The Morgan fingerprint density at radius 3 is 2.41 bits per heavy atom. The molecule has 1 aromatic carbocycles. The maximum Gasteiger partial charge on any atom is 0.322 e. The van der Waals surface area contributed by atoms with Crippen molar-refractivity contribution in [3.63, 3.8) is 0 Å². The van der Waals surface area contributed by atoms with Crippen LogP contribution in [0.2, 0.25) is 0 Å². The molecule has 2 saturated heterocycles. The first-order valence-electron chi connectivity index (χ1n) is 8.82. The minimum Gasteiger partial charge on any atom is -0.353 e. The van der Waals surface area contributed by atoms with Crippen molar-refractivity contribution >= 4 is 27.9 Å². The van der Waals surface area contributed by atoms with Gasteiger partial charge >= 0.3 is 6.03 Å². The smallest absolute Gasteiger partial charge is 0.322 e. The normalized spacial score (nSPS) is 21.6. The molecule has 2 aliphatic rings. The minimum atomic E-state index is -3.51. The number of nitrogens with zero attached hydrogens (tertiary/aromatic N) is 1. The molecule has 4 amide bonds. The van der Waals surface area contributed by atoms with Gasteiger partial charge in [0.25, 0.3) is 5.91 Å². The molecule has 0 unspecified atom stereocenters. The van der Waals surface area contributed by atoms with E-state index in [1.54, 1.807) is 30.3 Å². The third kappa shape index (κ3) is 4.64. The van der Waals surface area contributed by atoms with E-state index in [2.05, 4.69) is 16.0 Å². The Labute approximate surface area is 157 Å². The van der Waals surface area contributed by atoms with Gasteiger partial charge in [0.2, 0.25) is 15.9 Å². The largest absolute Gasteiger partial charge is 0.353 e. The highest BCUT2D eigenvalue weighted by Crippen LogP contribution is 2.20. The molecule has 0 aromatic heterocycles. The van der Waals surface area contributed by atoms with E-state index in [-0.39, 0.29) is 29.7 Å². The SMILES string of the molecule is O=C(CC[C@@H]1NC(=O)NC1=O)NC1CCN(S(=O)(=O)c2ccccc2)CC1. The van der Waals surface area contributed by atoms with Gasteiger partial charge in [0.1, 0.15) is 6.04 Å². The predicted molar refractivity (Wildman–Crippen MR) is 96.1 cm³/mol. The summed E-state index contributed by atoms with van der Waals surface area (Å²) >= 11 is 0. The van der Waals surface area contributed by atoms with E-state index < -0.39 is 28.0 Å². The molecular weight excluding hydrogens is 372 g/mol. The van der Waals surface area contributed by atoms with Crippen molar-refractivity contribution in [2.24, 2.45) is 0 Å². The fraction of sp³-hybridized carbons (Fsp3) is 0.471. The van der Waals surface area contributed by atoms with Crippen molar-refractivity contribution in [2.75, 3.05) is 13.1 Å². The van der Waals surface area contributed by atoms with Crippen LogP contribution in [0.3, 0.4) is 0 Å². The number of urea groups is 1. The number of hydrogen-bond donors (Lipinski definition) is 3. The van der Waals surface area contributed by atoms with E-state index in [0.29, 0.717) is 25.9 Å². The number of carbonyl (C=O) groups excluding carboxylic acids is 3. The second-order valence-electron chi connectivity index (χ2n) is 6.61. The van der Waals surface area contributed by atoms with Crippen LogP contribution in [-0.2, 0) is 19.6 Å². The Bertz CT molecular complexity index is 819. The number of benzene rings is 1. The summed E-state index contributed by atoms with van der Waals surface area (Å²) in [6, 6.07) is 6.95. The van der Waals surface area contributed by atoms with Crippen LogP contribution < -0.4 is 16.0 Å². The van der Waals surface area contributed by atoms with Crippen molar-refractivity contribution in [3.05, 3.63) is 30.3 Å². The monoisotopic (exact) mass is 394 g/mol. The number of nitrogens with one attached hydrogen (secondary N) is 3. The summed E-state index contributed by atoms with van der Waals surface area (Å²) in [6.07, 6.45) is 1.39. The Kier molecular flexibility index (Phi) is 5.76. The van der Waals surface area contributed by atoms with E-state index >= 15 is 0 Å². The number of amides is 4. The third-order valence-corrected chi connectivity index (χ3v) is 6.63. The van der Waals surface area contributed by atoms with Crippen molar-refractivity contribution in [3.8, 4) is 0 Å². The highest BCUT2D eigenvalue weighted by atomic mass is 32.2. The molecule has 146 valence electrons. The first kappa shape index (κ1) is 19.3. The van der Waals surface area contributed by atoms with Gasteiger partial charge in [0, 0.05) is 25.6 Å². The lowest BCUT2D eigenvalue weighted by Gasteiger charge is -2.31. The number of sulfonamides is 1. The van der Waals surface area contributed by atoms with E-state index in [4.69, 9.17) is 0 Å². The Morgan fingerprint density at radius 1 is 1.15 bits per heavy atom. The van der Waals surface area contributed by atoms with Crippen molar-refractivity contribution < 1.29 is 22.8 Å². The Balaban J connectivity index is 1.45.